The van der Waals surface area contributed by atoms with Crippen LogP contribution in [0, 0.1) is 6.92 Å². The van der Waals surface area contributed by atoms with Crippen LogP contribution in [0.3, 0.4) is 0 Å². The first-order valence-electron chi connectivity index (χ1n) is 5.05. The number of hydrogen-bond acceptors (Lipinski definition) is 1. The molecule has 0 radical (unpaired) electrons. The van der Waals surface area contributed by atoms with E-state index in [0.717, 1.165) is 5.56 Å². The molecule has 0 unspecified atom stereocenters. The van der Waals surface area contributed by atoms with E-state index in [9.17, 15) is 4.79 Å². The summed E-state index contributed by atoms with van der Waals surface area (Å²) in [7, 11) is 0. The molecule has 0 heterocycles. The minimum atomic E-state index is -0.0244. The van der Waals surface area contributed by atoms with E-state index in [0.29, 0.717) is 16.1 Å². The second-order valence-corrected chi connectivity index (χ2v) is 4.03. The maximum absolute atomic E-state index is 12.2. The lowest BCUT2D eigenvalue weighted by molar-refractivity contribution is 0.103. The molecule has 0 aliphatic rings. The Morgan fingerprint density at radius 1 is 0.938 bits per heavy atom. The lowest BCUT2D eigenvalue weighted by atomic mass is 9.99. The summed E-state index contributed by atoms with van der Waals surface area (Å²) < 4.78 is 0. The van der Waals surface area contributed by atoms with Gasteiger partial charge in [0.25, 0.3) is 0 Å². The second kappa shape index (κ2) is 4.50. The number of rotatable bonds is 2. The molecule has 0 aliphatic heterocycles. The molecule has 0 aromatic heterocycles. The van der Waals surface area contributed by atoms with Crippen LogP contribution in [-0.4, -0.2) is 5.78 Å². The van der Waals surface area contributed by atoms with Gasteiger partial charge in [-0.2, -0.15) is 0 Å². The quantitative estimate of drug-likeness (QED) is 0.716. The lowest BCUT2D eigenvalue weighted by Gasteiger charge is -2.05. The number of hydrogen-bond donors (Lipinski definition) is 0. The van der Waals surface area contributed by atoms with Crippen LogP contribution in [0.25, 0.3) is 0 Å². The fourth-order valence-corrected chi connectivity index (χ4v) is 1.84. The summed E-state index contributed by atoms with van der Waals surface area (Å²) in [6, 6.07) is 14.6. The molecule has 0 fully saturated rings. The highest BCUT2D eigenvalue weighted by Gasteiger charge is 2.13. The molecule has 0 spiro atoms. The van der Waals surface area contributed by atoms with Crippen LogP contribution in [0.5, 0.6) is 0 Å². The zero-order valence-electron chi connectivity index (χ0n) is 8.91. The van der Waals surface area contributed by atoms with Gasteiger partial charge in [0.05, 0.1) is 5.02 Å². The average Bonchev–Trinajstić information content (AvgIpc) is 2.29. The topological polar surface area (TPSA) is 17.1 Å². The van der Waals surface area contributed by atoms with Crippen molar-refractivity contribution in [2.45, 2.75) is 6.92 Å². The molecule has 0 saturated heterocycles. The minimum absolute atomic E-state index is 0.0244. The van der Waals surface area contributed by atoms with Crippen LogP contribution in [0.2, 0.25) is 5.02 Å². The maximum atomic E-state index is 12.2. The molecule has 2 heteroatoms. The molecule has 16 heavy (non-hydrogen) atoms. The van der Waals surface area contributed by atoms with Crippen molar-refractivity contribution in [3.8, 4) is 0 Å². The Morgan fingerprint density at radius 3 is 2.12 bits per heavy atom. The number of halogens is 1. The molecule has 2 aromatic rings. The van der Waals surface area contributed by atoms with Gasteiger partial charge in [-0.1, -0.05) is 48.0 Å². The normalized spacial score (nSPS) is 10.1. The van der Waals surface area contributed by atoms with E-state index in [1.54, 1.807) is 12.1 Å². The fraction of sp³-hybridized carbons (Fsp3) is 0.0714. The van der Waals surface area contributed by atoms with Crippen molar-refractivity contribution >= 4 is 17.4 Å². The Labute approximate surface area is 99.7 Å². The highest BCUT2D eigenvalue weighted by atomic mass is 35.5. The van der Waals surface area contributed by atoms with Crippen molar-refractivity contribution in [2.75, 3.05) is 0 Å². The molecule has 0 bridgehead atoms. The first-order chi connectivity index (χ1) is 7.70. The van der Waals surface area contributed by atoms with E-state index in [1.165, 1.54) is 0 Å². The van der Waals surface area contributed by atoms with Gasteiger partial charge in [0.15, 0.2) is 5.78 Å². The van der Waals surface area contributed by atoms with Crippen LogP contribution in [0.1, 0.15) is 21.5 Å². The minimum Gasteiger partial charge on any atom is -0.289 e. The van der Waals surface area contributed by atoms with E-state index in [1.807, 2.05) is 43.3 Å². The third-order valence-electron chi connectivity index (χ3n) is 2.51. The monoisotopic (exact) mass is 230 g/mol. The van der Waals surface area contributed by atoms with E-state index >= 15 is 0 Å². The maximum Gasteiger partial charge on any atom is 0.194 e. The summed E-state index contributed by atoms with van der Waals surface area (Å²) in [6.07, 6.45) is 0. The molecule has 80 valence electrons. The second-order valence-electron chi connectivity index (χ2n) is 3.62. The first kappa shape index (κ1) is 10.9. The van der Waals surface area contributed by atoms with Gasteiger partial charge in [-0.05, 0) is 24.6 Å². The Kier molecular flexibility index (Phi) is 3.07. The van der Waals surface area contributed by atoms with Gasteiger partial charge < -0.3 is 0 Å². The van der Waals surface area contributed by atoms with Crippen LogP contribution < -0.4 is 0 Å². The molecule has 0 amide bonds. The van der Waals surface area contributed by atoms with Gasteiger partial charge in [-0.3, -0.25) is 4.79 Å². The average molecular weight is 231 g/mol. The largest absolute Gasteiger partial charge is 0.289 e. The summed E-state index contributed by atoms with van der Waals surface area (Å²) in [5.74, 6) is -0.0244. The van der Waals surface area contributed by atoms with Gasteiger partial charge in [-0.25, -0.2) is 0 Å². The predicted molar refractivity (Wildman–Crippen MR) is 66.1 cm³/mol. The third-order valence-corrected chi connectivity index (χ3v) is 2.84. The molecule has 0 aliphatic carbocycles. The van der Waals surface area contributed by atoms with Gasteiger partial charge in [-0.15, -0.1) is 0 Å². The summed E-state index contributed by atoms with van der Waals surface area (Å²) in [5, 5.41) is 0.496. The number of carbonyl (C=O) groups excluding carboxylic acids is 1. The zero-order chi connectivity index (χ0) is 11.5. The highest BCUT2D eigenvalue weighted by molar-refractivity contribution is 6.35. The van der Waals surface area contributed by atoms with Gasteiger partial charge in [0.1, 0.15) is 0 Å². The summed E-state index contributed by atoms with van der Waals surface area (Å²) in [4.78, 5) is 12.2. The zero-order valence-corrected chi connectivity index (χ0v) is 9.66. The lowest BCUT2D eigenvalue weighted by Crippen LogP contribution is -2.03. The number of ketones is 1. The molecule has 0 atom stereocenters. The van der Waals surface area contributed by atoms with Crippen molar-refractivity contribution in [1.29, 1.82) is 0 Å². The van der Waals surface area contributed by atoms with Crippen LogP contribution >= 0.6 is 11.6 Å². The van der Waals surface area contributed by atoms with Crippen LogP contribution in [-0.2, 0) is 0 Å². The molecule has 0 saturated carbocycles. The van der Waals surface area contributed by atoms with Gasteiger partial charge in [0.2, 0.25) is 0 Å². The molecule has 2 aromatic carbocycles. The molecular formula is C14H11ClO. The molecule has 0 N–H and O–H groups in total. The molecular weight excluding hydrogens is 220 g/mol. The van der Waals surface area contributed by atoms with Crippen molar-refractivity contribution in [3.05, 3.63) is 70.2 Å². The Balaban J connectivity index is 2.48. The number of carbonyl (C=O) groups is 1. The molecule has 1 nitrogen and oxygen atoms in total. The SMILES string of the molecule is Cc1ccccc1C(=O)c1ccccc1Cl. The summed E-state index contributed by atoms with van der Waals surface area (Å²) in [6.45, 7) is 1.92. The molecule has 2 rings (SSSR count). The van der Waals surface area contributed by atoms with E-state index in [4.69, 9.17) is 11.6 Å². The van der Waals surface area contributed by atoms with Crippen molar-refractivity contribution in [1.82, 2.24) is 0 Å². The summed E-state index contributed by atoms with van der Waals surface area (Å²) >= 11 is 6.00. The smallest absolute Gasteiger partial charge is 0.194 e. The van der Waals surface area contributed by atoms with Crippen molar-refractivity contribution in [2.24, 2.45) is 0 Å². The summed E-state index contributed by atoms with van der Waals surface area (Å²) in [5.41, 5.74) is 2.22. The first-order valence-corrected chi connectivity index (χ1v) is 5.43. The van der Waals surface area contributed by atoms with Crippen LogP contribution in [0.4, 0.5) is 0 Å². The Morgan fingerprint density at radius 2 is 1.50 bits per heavy atom. The van der Waals surface area contributed by atoms with E-state index in [-0.39, 0.29) is 5.78 Å². The standard InChI is InChI=1S/C14H11ClO/c1-10-6-2-3-7-11(10)14(16)12-8-4-5-9-13(12)15/h2-9H,1H3. The van der Waals surface area contributed by atoms with Gasteiger partial charge in [0, 0.05) is 11.1 Å². The Bertz CT molecular complexity index is 484. The number of benzene rings is 2. The Hall–Kier alpha value is -1.60. The van der Waals surface area contributed by atoms with Crippen molar-refractivity contribution in [3.63, 3.8) is 0 Å². The van der Waals surface area contributed by atoms with Crippen molar-refractivity contribution < 1.29 is 4.79 Å². The van der Waals surface area contributed by atoms with Crippen LogP contribution in [0.15, 0.2) is 48.5 Å². The fourth-order valence-electron chi connectivity index (χ4n) is 1.62. The third kappa shape index (κ3) is 2.00. The highest BCUT2D eigenvalue weighted by Crippen LogP contribution is 2.20. The van der Waals surface area contributed by atoms with E-state index in [2.05, 4.69) is 0 Å². The van der Waals surface area contributed by atoms with Gasteiger partial charge >= 0.3 is 0 Å². The predicted octanol–water partition coefficient (Wildman–Crippen LogP) is 3.88. The number of aryl methyl sites for hydroxylation is 1. The van der Waals surface area contributed by atoms with E-state index < -0.39 is 0 Å².